The number of nitrogens with one attached hydrogen (secondary N) is 1. The standard InChI is InChI=1S/C18H12Cl2N4O5S2/c19-9-6-11-12(13(25)14-15(20)22-17(30-14)23-18(26)27)8-24(16(11)21-7-9)31(28,29)10-4-2-1-3-5-10/h1-8,13,25H,(H,22,23)(H,26,27). The highest BCUT2D eigenvalue weighted by molar-refractivity contribution is 7.90. The summed E-state index contributed by atoms with van der Waals surface area (Å²) in [5, 5.41) is 22.3. The van der Waals surface area contributed by atoms with E-state index >= 15 is 0 Å². The molecule has 0 radical (unpaired) electrons. The second-order valence-corrected chi connectivity index (χ2v) is 9.87. The van der Waals surface area contributed by atoms with Gasteiger partial charge in [-0.25, -0.2) is 27.2 Å². The minimum atomic E-state index is -4.03. The first-order valence-electron chi connectivity index (χ1n) is 8.50. The van der Waals surface area contributed by atoms with E-state index in [0.717, 1.165) is 15.3 Å². The number of amides is 1. The van der Waals surface area contributed by atoms with Crippen LogP contribution in [0.25, 0.3) is 11.0 Å². The second kappa shape index (κ2) is 8.09. The number of aliphatic hydroxyl groups excluding tert-OH is 1. The van der Waals surface area contributed by atoms with E-state index in [1.165, 1.54) is 30.6 Å². The zero-order valence-electron chi connectivity index (χ0n) is 15.2. The minimum Gasteiger partial charge on any atom is -0.465 e. The van der Waals surface area contributed by atoms with Crippen LogP contribution in [0.15, 0.2) is 53.7 Å². The summed E-state index contributed by atoms with van der Waals surface area (Å²) in [5.41, 5.74) is 0.226. The van der Waals surface area contributed by atoms with Crippen LogP contribution in [-0.2, 0) is 10.0 Å². The molecule has 3 heterocycles. The fraction of sp³-hybridized carbons (Fsp3) is 0.0556. The van der Waals surface area contributed by atoms with E-state index in [2.05, 4.69) is 15.3 Å². The molecule has 1 unspecified atom stereocenters. The number of carboxylic acid groups (broad SMARTS) is 1. The van der Waals surface area contributed by atoms with Crippen molar-refractivity contribution in [3.63, 3.8) is 0 Å². The van der Waals surface area contributed by atoms with E-state index in [4.69, 9.17) is 28.3 Å². The lowest BCUT2D eigenvalue weighted by Gasteiger charge is -2.07. The lowest BCUT2D eigenvalue weighted by molar-refractivity contribution is 0.209. The van der Waals surface area contributed by atoms with Crippen LogP contribution in [-0.4, -0.2) is 38.7 Å². The van der Waals surface area contributed by atoms with Crippen molar-refractivity contribution in [2.45, 2.75) is 11.0 Å². The van der Waals surface area contributed by atoms with Crippen molar-refractivity contribution in [2.75, 3.05) is 5.32 Å². The molecule has 0 aliphatic rings. The van der Waals surface area contributed by atoms with Gasteiger partial charge in [-0.3, -0.25) is 5.32 Å². The lowest BCUT2D eigenvalue weighted by atomic mass is 10.1. The third-order valence-electron chi connectivity index (χ3n) is 4.28. The maximum absolute atomic E-state index is 13.2. The molecule has 0 aliphatic carbocycles. The van der Waals surface area contributed by atoms with E-state index in [-0.39, 0.29) is 41.7 Å². The maximum Gasteiger partial charge on any atom is 0.410 e. The Bertz CT molecular complexity index is 1400. The quantitative estimate of drug-likeness (QED) is 0.375. The number of carbonyl (C=O) groups is 1. The van der Waals surface area contributed by atoms with Crippen molar-refractivity contribution in [3.05, 3.63) is 69.4 Å². The molecule has 0 fully saturated rings. The van der Waals surface area contributed by atoms with Crippen LogP contribution in [0.3, 0.4) is 0 Å². The van der Waals surface area contributed by atoms with Gasteiger partial charge in [0.2, 0.25) is 0 Å². The van der Waals surface area contributed by atoms with E-state index < -0.39 is 22.2 Å². The summed E-state index contributed by atoms with van der Waals surface area (Å²) in [6.07, 6.45) is -0.218. The molecule has 3 aromatic heterocycles. The number of benzene rings is 1. The Morgan fingerprint density at radius 1 is 1.23 bits per heavy atom. The lowest BCUT2D eigenvalue weighted by Crippen LogP contribution is -2.12. The van der Waals surface area contributed by atoms with Crippen LogP contribution in [0.1, 0.15) is 16.5 Å². The number of fused-ring (bicyclic) bond motifs is 1. The minimum absolute atomic E-state index is 0.0356. The highest BCUT2D eigenvalue weighted by Crippen LogP contribution is 2.39. The molecule has 160 valence electrons. The van der Waals surface area contributed by atoms with Crippen LogP contribution >= 0.6 is 34.5 Å². The Morgan fingerprint density at radius 2 is 1.94 bits per heavy atom. The first-order valence-corrected chi connectivity index (χ1v) is 11.5. The molecule has 1 atom stereocenters. The van der Waals surface area contributed by atoms with E-state index in [0.29, 0.717) is 0 Å². The number of hydrogen-bond acceptors (Lipinski definition) is 7. The van der Waals surface area contributed by atoms with Gasteiger partial charge in [-0.05, 0) is 18.2 Å². The molecule has 9 nitrogen and oxygen atoms in total. The molecule has 13 heteroatoms. The van der Waals surface area contributed by atoms with Gasteiger partial charge in [0.1, 0.15) is 11.3 Å². The zero-order valence-corrected chi connectivity index (χ0v) is 18.4. The monoisotopic (exact) mass is 498 g/mol. The molecule has 31 heavy (non-hydrogen) atoms. The van der Waals surface area contributed by atoms with Crippen LogP contribution in [0.5, 0.6) is 0 Å². The Kier molecular flexibility index (Phi) is 5.62. The fourth-order valence-corrected chi connectivity index (χ4v) is 5.67. The van der Waals surface area contributed by atoms with Gasteiger partial charge in [0.25, 0.3) is 10.0 Å². The third kappa shape index (κ3) is 3.98. The molecule has 1 amide bonds. The summed E-state index contributed by atoms with van der Waals surface area (Å²) in [5.74, 6) is 0. The molecule has 3 N–H and O–H groups in total. The summed E-state index contributed by atoms with van der Waals surface area (Å²) in [6.45, 7) is 0. The van der Waals surface area contributed by atoms with E-state index in [9.17, 15) is 18.3 Å². The van der Waals surface area contributed by atoms with Gasteiger partial charge < -0.3 is 10.2 Å². The normalized spacial score (nSPS) is 12.7. The molecule has 0 saturated heterocycles. The zero-order chi connectivity index (χ0) is 22.3. The van der Waals surface area contributed by atoms with Gasteiger partial charge in [-0.1, -0.05) is 52.7 Å². The van der Waals surface area contributed by atoms with Gasteiger partial charge in [0, 0.05) is 23.3 Å². The molecule has 0 saturated carbocycles. The Balaban J connectivity index is 1.89. The van der Waals surface area contributed by atoms with Crippen molar-refractivity contribution in [1.82, 2.24) is 13.9 Å². The van der Waals surface area contributed by atoms with Gasteiger partial charge in [-0.15, -0.1) is 0 Å². The summed E-state index contributed by atoms with van der Waals surface area (Å²) < 4.78 is 27.3. The summed E-state index contributed by atoms with van der Waals surface area (Å²) in [6, 6.07) is 9.23. The predicted molar refractivity (Wildman–Crippen MR) is 117 cm³/mol. The van der Waals surface area contributed by atoms with Crippen molar-refractivity contribution >= 4 is 66.8 Å². The number of hydrogen-bond donors (Lipinski definition) is 3. The molecule has 0 bridgehead atoms. The number of thiazole rings is 1. The molecule has 4 rings (SSSR count). The van der Waals surface area contributed by atoms with Crippen LogP contribution in [0.4, 0.5) is 9.93 Å². The number of anilines is 1. The van der Waals surface area contributed by atoms with Crippen molar-refractivity contribution in [1.29, 1.82) is 0 Å². The average Bonchev–Trinajstić information content (AvgIpc) is 3.28. The average molecular weight is 499 g/mol. The van der Waals surface area contributed by atoms with Gasteiger partial charge in [-0.2, -0.15) is 0 Å². The molecule has 0 spiro atoms. The van der Waals surface area contributed by atoms with Gasteiger partial charge >= 0.3 is 6.09 Å². The molecular formula is C18H12Cl2N4O5S2. The Hall–Kier alpha value is -2.70. The summed E-state index contributed by atoms with van der Waals surface area (Å²) in [4.78, 5) is 19.0. The largest absolute Gasteiger partial charge is 0.465 e. The van der Waals surface area contributed by atoms with E-state index in [1.807, 2.05) is 0 Å². The predicted octanol–water partition coefficient (Wildman–Crippen LogP) is 4.21. The smallest absolute Gasteiger partial charge is 0.410 e. The second-order valence-electron chi connectivity index (χ2n) is 6.23. The molecule has 0 aliphatic heterocycles. The SMILES string of the molecule is O=C(O)Nc1nc(Cl)c(C(O)c2cn(S(=O)(=O)c3ccccc3)c3ncc(Cl)cc23)s1. The number of pyridine rings is 1. The first-order chi connectivity index (χ1) is 14.7. The van der Waals surface area contributed by atoms with E-state index in [1.54, 1.807) is 18.2 Å². The van der Waals surface area contributed by atoms with Crippen LogP contribution < -0.4 is 5.32 Å². The topological polar surface area (TPSA) is 134 Å². The molecular weight excluding hydrogens is 487 g/mol. The Morgan fingerprint density at radius 3 is 2.61 bits per heavy atom. The highest BCUT2D eigenvalue weighted by Gasteiger charge is 2.28. The van der Waals surface area contributed by atoms with Crippen LogP contribution in [0, 0.1) is 0 Å². The highest BCUT2D eigenvalue weighted by atomic mass is 35.5. The van der Waals surface area contributed by atoms with Gasteiger partial charge in [0.15, 0.2) is 10.8 Å². The van der Waals surface area contributed by atoms with Crippen molar-refractivity contribution in [2.24, 2.45) is 0 Å². The summed E-state index contributed by atoms with van der Waals surface area (Å²) >= 11 is 13.0. The summed E-state index contributed by atoms with van der Waals surface area (Å²) in [7, 11) is -4.03. The third-order valence-corrected chi connectivity index (χ3v) is 7.57. The van der Waals surface area contributed by atoms with Crippen molar-refractivity contribution < 1.29 is 23.4 Å². The number of rotatable bonds is 5. The number of halogens is 2. The van der Waals surface area contributed by atoms with Crippen LogP contribution in [0.2, 0.25) is 10.2 Å². The molecule has 4 aromatic rings. The van der Waals surface area contributed by atoms with Crippen molar-refractivity contribution in [3.8, 4) is 0 Å². The number of aliphatic hydroxyl groups is 1. The first kappa shape index (κ1) is 21.5. The Labute approximate surface area is 189 Å². The number of aromatic nitrogens is 3. The van der Waals surface area contributed by atoms with Gasteiger partial charge in [0.05, 0.1) is 14.8 Å². The molecule has 1 aromatic carbocycles. The fourth-order valence-electron chi connectivity index (χ4n) is 2.95. The maximum atomic E-state index is 13.2. The number of nitrogens with zero attached hydrogens (tertiary/aromatic N) is 3.